The van der Waals surface area contributed by atoms with E-state index in [1.54, 1.807) is 17.7 Å². The van der Waals surface area contributed by atoms with Gasteiger partial charge in [0.25, 0.3) is 5.91 Å². The molecule has 0 radical (unpaired) electrons. The Morgan fingerprint density at radius 3 is 2.50 bits per heavy atom. The SMILES string of the molecule is CN(CCCNC(=O)c1ccc(OC2CCC(=Cc3ccc(C4=CC=C5C[C@@H]54)cc3)CC2)c(Cl)c1)Cc1ccccc1. The molecular formula is C37H39ClN2O2. The Labute approximate surface area is 254 Å². The van der Waals surface area contributed by atoms with Gasteiger partial charge < -0.3 is 15.0 Å². The van der Waals surface area contributed by atoms with Gasteiger partial charge in [0, 0.05) is 24.6 Å². The van der Waals surface area contributed by atoms with Crippen molar-refractivity contribution in [2.24, 2.45) is 5.92 Å². The van der Waals surface area contributed by atoms with Crippen LogP contribution in [0.3, 0.4) is 0 Å². The minimum atomic E-state index is -0.108. The lowest BCUT2D eigenvalue weighted by molar-refractivity contribution is 0.0951. The Morgan fingerprint density at radius 2 is 1.81 bits per heavy atom. The molecular weight excluding hydrogens is 540 g/mol. The molecule has 6 rings (SSSR count). The van der Waals surface area contributed by atoms with Crippen molar-refractivity contribution in [1.82, 2.24) is 10.2 Å². The molecule has 0 spiro atoms. The van der Waals surface area contributed by atoms with Crippen LogP contribution >= 0.6 is 11.6 Å². The summed E-state index contributed by atoms with van der Waals surface area (Å²) in [5.41, 5.74) is 9.01. The van der Waals surface area contributed by atoms with Gasteiger partial charge in [-0.25, -0.2) is 0 Å². The zero-order valence-corrected chi connectivity index (χ0v) is 25.1. The molecule has 5 heteroatoms. The molecule has 0 aromatic heterocycles. The molecule has 0 saturated heterocycles. The molecule has 3 aromatic carbocycles. The second kappa shape index (κ2) is 13.1. The molecule has 2 saturated carbocycles. The van der Waals surface area contributed by atoms with Crippen LogP contribution in [0, 0.1) is 5.92 Å². The van der Waals surface area contributed by atoms with Gasteiger partial charge in [-0.05, 0) is 92.6 Å². The van der Waals surface area contributed by atoms with Crippen molar-refractivity contribution in [1.29, 1.82) is 0 Å². The average molecular weight is 579 g/mol. The third-order valence-electron chi connectivity index (χ3n) is 8.55. The molecule has 3 aromatic rings. The van der Waals surface area contributed by atoms with Crippen molar-refractivity contribution in [3.63, 3.8) is 0 Å². The quantitative estimate of drug-likeness (QED) is 0.232. The first-order chi connectivity index (χ1) is 20.5. The summed E-state index contributed by atoms with van der Waals surface area (Å²) in [4.78, 5) is 15.0. The predicted molar refractivity (Wildman–Crippen MR) is 173 cm³/mol. The monoisotopic (exact) mass is 578 g/mol. The Balaban J connectivity index is 0.925. The first-order valence-corrected chi connectivity index (χ1v) is 15.6. The summed E-state index contributed by atoms with van der Waals surface area (Å²) in [5.74, 6) is 1.24. The summed E-state index contributed by atoms with van der Waals surface area (Å²) in [6, 6.07) is 24.8. The molecule has 0 heterocycles. The van der Waals surface area contributed by atoms with Crippen LogP contribution in [0.5, 0.6) is 5.75 Å². The maximum atomic E-state index is 12.7. The molecule has 4 nitrogen and oxygen atoms in total. The highest BCUT2D eigenvalue weighted by atomic mass is 35.5. The van der Waals surface area contributed by atoms with Gasteiger partial charge in [-0.3, -0.25) is 4.79 Å². The second-order valence-electron chi connectivity index (χ2n) is 11.8. The molecule has 1 atom stereocenters. The standard InChI is InChI=1S/C37H39ClN2O2/c1-40(25-28-6-3-2-4-7-28)21-5-20-39-37(41)31-15-19-36(35(38)24-31)42-32-16-10-27(11-17-32)22-26-8-12-29(13-9-26)33-18-14-30-23-34(30)33/h2-4,6-9,12-15,18-19,22,24,32,34H,5,10-11,16-17,20-21,23,25H2,1H3,(H,39,41)/t32?,34-/m0/s1. The minimum absolute atomic E-state index is 0.108. The highest BCUT2D eigenvalue weighted by Crippen LogP contribution is 2.51. The van der Waals surface area contributed by atoms with E-state index in [0.29, 0.717) is 28.8 Å². The maximum Gasteiger partial charge on any atom is 0.251 e. The van der Waals surface area contributed by atoms with Crippen molar-refractivity contribution in [3.8, 4) is 5.75 Å². The smallest absolute Gasteiger partial charge is 0.251 e. The van der Waals surface area contributed by atoms with E-state index in [1.807, 2.05) is 12.1 Å². The predicted octanol–water partition coefficient (Wildman–Crippen LogP) is 8.34. The van der Waals surface area contributed by atoms with E-state index in [2.05, 4.69) is 84.0 Å². The van der Waals surface area contributed by atoms with E-state index in [1.165, 1.54) is 34.3 Å². The number of nitrogens with zero attached hydrogens (tertiary/aromatic N) is 1. The van der Waals surface area contributed by atoms with Crippen LogP contribution in [0.25, 0.3) is 11.6 Å². The number of nitrogens with one attached hydrogen (secondary N) is 1. The number of allylic oxidation sites excluding steroid dienone is 5. The number of rotatable bonds is 11. The van der Waals surface area contributed by atoms with Crippen LogP contribution in [-0.4, -0.2) is 37.0 Å². The molecule has 0 unspecified atom stereocenters. The number of hydrogen-bond donors (Lipinski definition) is 1. The van der Waals surface area contributed by atoms with Gasteiger partial charge in [0.15, 0.2) is 0 Å². The van der Waals surface area contributed by atoms with Crippen LogP contribution in [0.4, 0.5) is 0 Å². The first-order valence-electron chi connectivity index (χ1n) is 15.2. The van der Waals surface area contributed by atoms with Crippen molar-refractivity contribution in [3.05, 3.63) is 123 Å². The fourth-order valence-electron chi connectivity index (χ4n) is 6.06. The number of hydrogen-bond acceptors (Lipinski definition) is 3. The van der Waals surface area contributed by atoms with Gasteiger partial charge in [-0.15, -0.1) is 0 Å². The summed E-state index contributed by atoms with van der Waals surface area (Å²) < 4.78 is 6.27. The van der Waals surface area contributed by atoms with E-state index < -0.39 is 0 Å². The van der Waals surface area contributed by atoms with E-state index in [4.69, 9.17) is 16.3 Å². The average Bonchev–Trinajstić information content (AvgIpc) is 3.67. The van der Waals surface area contributed by atoms with Crippen molar-refractivity contribution >= 4 is 29.2 Å². The third-order valence-corrected chi connectivity index (χ3v) is 8.85. The highest BCUT2D eigenvalue weighted by molar-refractivity contribution is 6.32. The third kappa shape index (κ3) is 7.24. The molecule has 3 aliphatic carbocycles. The van der Waals surface area contributed by atoms with Gasteiger partial charge in [0.1, 0.15) is 5.75 Å². The van der Waals surface area contributed by atoms with Gasteiger partial charge in [0.05, 0.1) is 11.1 Å². The second-order valence-corrected chi connectivity index (χ2v) is 12.2. The Bertz CT molecular complexity index is 1500. The zero-order chi connectivity index (χ0) is 28.9. The van der Waals surface area contributed by atoms with Crippen LogP contribution in [-0.2, 0) is 6.54 Å². The fourth-order valence-corrected chi connectivity index (χ4v) is 6.28. The molecule has 3 aliphatic rings. The van der Waals surface area contributed by atoms with E-state index >= 15 is 0 Å². The lowest BCUT2D eigenvalue weighted by Crippen LogP contribution is -2.28. The van der Waals surface area contributed by atoms with Crippen LogP contribution in [0.2, 0.25) is 5.02 Å². The lowest BCUT2D eigenvalue weighted by Gasteiger charge is -2.25. The Morgan fingerprint density at radius 1 is 1.02 bits per heavy atom. The largest absolute Gasteiger partial charge is 0.489 e. The Hall–Kier alpha value is -3.60. The topological polar surface area (TPSA) is 41.6 Å². The summed E-state index contributed by atoms with van der Waals surface area (Å²) in [5, 5.41) is 3.50. The number of benzene rings is 3. The fraction of sp³-hybridized carbons (Fsp3) is 0.324. The van der Waals surface area contributed by atoms with E-state index in [-0.39, 0.29) is 12.0 Å². The molecule has 1 N–H and O–H groups in total. The highest BCUT2D eigenvalue weighted by Gasteiger charge is 2.36. The van der Waals surface area contributed by atoms with Crippen molar-refractivity contribution in [2.45, 2.75) is 51.2 Å². The molecule has 1 amide bonds. The summed E-state index contributed by atoms with van der Waals surface area (Å²) >= 11 is 6.55. The van der Waals surface area contributed by atoms with Crippen molar-refractivity contribution in [2.75, 3.05) is 20.1 Å². The number of ether oxygens (including phenoxy) is 1. The maximum absolute atomic E-state index is 12.7. The first kappa shape index (κ1) is 28.5. The Kier molecular flexibility index (Phi) is 8.92. The molecule has 0 aliphatic heterocycles. The van der Waals surface area contributed by atoms with Gasteiger partial charge in [-0.2, -0.15) is 0 Å². The molecule has 42 heavy (non-hydrogen) atoms. The van der Waals surface area contributed by atoms with Crippen LogP contribution < -0.4 is 10.1 Å². The number of fused-ring (bicyclic) bond motifs is 1. The summed E-state index contributed by atoms with van der Waals surface area (Å²) in [6.45, 7) is 2.42. The lowest BCUT2D eigenvalue weighted by atomic mass is 9.91. The van der Waals surface area contributed by atoms with E-state index in [0.717, 1.165) is 45.2 Å². The zero-order valence-electron chi connectivity index (χ0n) is 24.3. The van der Waals surface area contributed by atoms with Crippen molar-refractivity contribution < 1.29 is 9.53 Å². The number of carbonyl (C=O) groups is 1. The molecule has 2 fully saturated rings. The summed E-state index contributed by atoms with van der Waals surface area (Å²) in [7, 11) is 2.10. The normalized spacial score (nSPS) is 19.2. The number of halogens is 1. The van der Waals surface area contributed by atoms with E-state index in [9.17, 15) is 4.79 Å². The van der Waals surface area contributed by atoms with Gasteiger partial charge >= 0.3 is 0 Å². The molecule has 0 bridgehead atoms. The molecule has 216 valence electrons. The minimum Gasteiger partial charge on any atom is -0.489 e. The summed E-state index contributed by atoms with van der Waals surface area (Å²) in [6.07, 6.45) is 13.1. The van der Waals surface area contributed by atoms with Gasteiger partial charge in [-0.1, -0.05) is 95.6 Å². The van der Waals surface area contributed by atoms with Gasteiger partial charge in [0.2, 0.25) is 0 Å². The number of carbonyl (C=O) groups excluding carboxylic acids is 1. The van der Waals surface area contributed by atoms with Crippen LogP contribution in [0.15, 0.2) is 96.1 Å². The number of amides is 1. The van der Waals surface area contributed by atoms with Crippen LogP contribution in [0.1, 0.15) is 65.6 Å².